The number of amides is 1. The summed E-state index contributed by atoms with van der Waals surface area (Å²) in [5.41, 5.74) is 1.29. The monoisotopic (exact) mass is 287 g/mol. The normalized spacial score (nSPS) is 26.7. The highest BCUT2D eigenvalue weighted by atomic mass is 16.2. The molecule has 2 saturated heterocycles. The first kappa shape index (κ1) is 14.5. The minimum Gasteiger partial charge on any atom is -0.351 e. The van der Waals surface area contributed by atoms with Crippen molar-refractivity contribution in [3.05, 3.63) is 35.9 Å². The van der Waals surface area contributed by atoms with Gasteiger partial charge in [-0.2, -0.15) is 0 Å². The van der Waals surface area contributed by atoms with Gasteiger partial charge in [-0.25, -0.2) is 0 Å². The van der Waals surface area contributed by atoms with Gasteiger partial charge in [-0.15, -0.1) is 0 Å². The molecule has 2 atom stereocenters. The molecule has 0 aromatic heterocycles. The molecule has 114 valence electrons. The Hall–Kier alpha value is -1.39. The van der Waals surface area contributed by atoms with E-state index >= 15 is 0 Å². The highest BCUT2D eigenvalue weighted by Crippen LogP contribution is 2.20. The summed E-state index contributed by atoms with van der Waals surface area (Å²) in [4.78, 5) is 14.9. The van der Waals surface area contributed by atoms with Crippen LogP contribution in [0.3, 0.4) is 0 Å². The molecule has 1 amide bonds. The van der Waals surface area contributed by atoms with Gasteiger partial charge in [0.2, 0.25) is 5.91 Å². The first-order valence-corrected chi connectivity index (χ1v) is 8.12. The molecule has 4 nitrogen and oxygen atoms in total. The Morgan fingerprint density at radius 2 is 2.10 bits per heavy atom. The second-order valence-corrected chi connectivity index (χ2v) is 6.17. The Labute approximate surface area is 126 Å². The highest BCUT2D eigenvalue weighted by Gasteiger charge is 2.31. The molecule has 1 aromatic rings. The summed E-state index contributed by atoms with van der Waals surface area (Å²) in [6, 6.07) is 10.8. The standard InChI is InChI=1S/C17H25N3O/c21-17(19-15-8-4-10-18-12-15)16-9-5-11-20(16)13-14-6-2-1-3-7-14/h1-3,6-7,15-16,18H,4-5,8-13H2,(H,19,21). The molecule has 0 radical (unpaired) electrons. The van der Waals surface area contributed by atoms with Gasteiger partial charge in [0.1, 0.15) is 0 Å². The van der Waals surface area contributed by atoms with Crippen LogP contribution in [0.5, 0.6) is 0 Å². The molecule has 4 heteroatoms. The van der Waals surface area contributed by atoms with Crippen molar-refractivity contribution in [1.29, 1.82) is 0 Å². The number of nitrogens with one attached hydrogen (secondary N) is 2. The lowest BCUT2D eigenvalue weighted by Crippen LogP contribution is -2.51. The Morgan fingerprint density at radius 1 is 1.24 bits per heavy atom. The van der Waals surface area contributed by atoms with E-state index in [1.165, 1.54) is 5.56 Å². The van der Waals surface area contributed by atoms with Crippen LogP contribution in [0.2, 0.25) is 0 Å². The molecule has 0 spiro atoms. The van der Waals surface area contributed by atoms with Gasteiger partial charge in [0.05, 0.1) is 6.04 Å². The van der Waals surface area contributed by atoms with E-state index in [-0.39, 0.29) is 11.9 Å². The van der Waals surface area contributed by atoms with E-state index in [1.54, 1.807) is 0 Å². The van der Waals surface area contributed by atoms with Crippen molar-refractivity contribution in [2.24, 2.45) is 0 Å². The SMILES string of the molecule is O=C(NC1CCCNC1)C1CCCN1Cc1ccccc1. The van der Waals surface area contributed by atoms with E-state index in [2.05, 4.69) is 39.8 Å². The lowest BCUT2D eigenvalue weighted by atomic mass is 10.1. The fourth-order valence-electron chi connectivity index (χ4n) is 3.40. The second-order valence-electron chi connectivity index (χ2n) is 6.17. The van der Waals surface area contributed by atoms with Gasteiger partial charge in [0.15, 0.2) is 0 Å². The minimum absolute atomic E-state index is 0.0483. The summed E-state index contributed by atoms with van der Waals surface area (Å²) >= 11 is 0. The molecule has 2 heterocycles. The van der Waals surface area contributed by atoms with Crippen LogP contribution in [0.15, 0.2) is 30.3 Å². The van der Waals surface area contributed by atoms with Crippen LogP contribution in [0.1, 0.15) is 31.2 Å². The van der Waals surface area contributed by atoms with Crippen molar-refractivity contribution in [1.82, 2.24) is 15.5 Å². The minimum atomic E-state index is 0.0483. The van der Waals surface area contributed by atoms with Crippen molar-refractivity contribution in [3.8, 4) is 0 Å². The fourth-order valence-corrected chi connectivity index (χ4v) is 3.40. The van der Waals surface area contributed by atoms with Crippen LogP contribution < -0.4 is 10.6 Å². The molecule has 1 aromatic carbocycles. The number of carbonyl (C=O) groups is 1. The number of piperidine rings is 1. The maximum absolute atomic E-state index is 12.5. The zero-order valence-corrected chi connectivity index (χ0v) is 12.6. The third-order valence-corrected chi connectivity index (χ3v) is 4.54. The summed E-state index contributed by atoms with van der Waals surface area (Å²) in [5, 5.41) is 6.59. The largest absolute Gasteiger partial charge is 0.351 e. The highest BCUT2D eigenvalue weighted by molar-refractivity contribution is 5.82. The summed E-state index contributed by atoms with van der Waals surface area (Å²) < 4.78 is 0. The topological polar surface area (TPSA) is 44.4 Å². The van der Waals surface area contributed by atoms with E-state index < -0.39 is 0 Å². The van der Waals surface area contributed by atoms with E-state index in [0.717, 1.165) is 51.9 Å². The lowest BCUT2D eigenvalue weighted by molar-refractivity contribution is -0.126. The predicted molar refractivity (Wildman–Crippen MR) is 83.9 cm³/mol. The van der Waals surface area contributed by atoms with Gasteiger partial charge in [0, 0.05) is 19.1 Å². The Morgan fingerprint density at radius 3 is 2.86 bits per heavy atom. The van der Waals surface area contributed by atoms with E-state index in [1.807, 2.05) is 6.07 Å². The zero-order chi connectivity index (χ0) is 14.5. The van der Waals surface area contributed by atoms with Crippen molar-refractivity contribution < 1.29 is 4.79 Å². The van der Waals surface area contributed by atoms with Crippen molar-refractivity contribution in [2.45, 2.75) is 44.3 Å². The predicted octanol–water partition coefficient (Wildman–Crippen LogP) is 1.52. The molecule has 2 unspecified atom stereocenters. The summed E-state index contributed by atoms with van der Waals surface area (Å²) in [6.45, 7) is 3.89. The lowest BCUT2D eigenvalue weighted by Gasteiger charge is -2.28. The smallest absolute Gasteiger partial charge is 0.237 e. The van der Waals surface area contributed by atoms with Gasteiger partial charge < -0.3 is 10.6 Å². The van der Waals surface area contributed by atoms with Crippen LogP contribution in [0.4, 0.5) is 0 Å². The Balaban J connectivity index is 1.56. The van der Waals surface area contributed by atoms with Gasteiger partial charge in [-0.05, 0) is 44.3 Å². The van der Waals surface area contributed by atoms with E-state index in [4.69, 9.17) is 0 Å². The number of nitrogens with zero attached hydrogens (tertiary/aromatic N) is 1. The van der Waals surface area contributed by atoms with Gasteiger partial charge in [-0.3, -0.25) is 9.69 Å². The van der Waals surface area contributed by atoms with Crippen LogP contribution in [-0.2, 0) is 11.3 Å². The first-order valence-electron chi connectivity index (χ1n) is 8.12. The average molecular weight is 287 g/mol. The summed E-state index contributed by atoms with van der Waals surface area (Å²) in [7, 11) is 0. The molecule has 2 aliphatic heterocycles. The number of hydrogen-bond acceptors (Lipinski definition) is 3. The number of benzene rings is 1. The molecular formula is C17H25N3O. The van der Waals surface area contributed by atoms with E-state index in [0.29, 0.717) is 6.04 Å². The molecule has 0 bridgehead atoms. The summed E-state index contributed by atoms with van der Waals surface area (Å²) in [6.07, 6.45) is 4.36. The molecule has 2 N–H and O–H groups in total. The molecule has 2 fully saturated rings. The van der Waals surface area contributed by atoms with Crippen molar-refractivity contribution in [2.75, 3.05) is 19.6 Å². The van der Waals surface area contributed by atoms with Crippen molar-refractivity contribution in [3.63, 3.8) is 0 Å². The van der Waals surface area contributed by atoms with Crippen molar-refractivity contribution >= 4 is 5.91 Å². The summed E-state index contributed by atoms with van der Waals surface area (Å²) in [5.74, 6) is 0.220. The molecule has 21 heavy (non-hydrogen) atoms. The first-order chi connectivity index (χ1) is 10.3. The zero-order valence-electron chi connectivity index (χ0n) is 12.6. The van der Waals surface area contributed by atoms with Gasteiger partial charge in [-0.1, -0.05) is 30.3 Å². The van der Waals surface area contributed by atoms with Crippen LogP contribution in [0.25, 0.3) is 0 Å². The third kappa shape index (κ3) is 3.83. The third-order valence-electron chi connectivity index (χ3n) is 4.54. The fraction of sp³-hybridized carbons (Fsp3) is 0.588. The van der Waals surface area contributed by atoms with Gasteiger partial charge >= 0.3 is 0 Å². The number of rotatable bonds is 4. The van der Waals surface area contributed by atoms with Crippen LogP contribution >= 0.6 is 0 Å². The molecular weight excluding hydrogens is 262 g/mol. The number of hydrogen-bond donors (Lipinski definition) is 2. The van der Waals surface area contributed by atoms with Crippen LogP contribution in [-0.4, -0.2) is 42.5 Å². The number of likely N-dealkylation sites (tertiary alicyclic amines) is 1. The maximum Gasteiger partial charge on any atom is 0.237 e. The second kappa shape index (κ2) is 7.05. The number of carbonyl (C=O) groups excluding carboxylic acids is 1. The van der Waals surface area contributed by atoms with Crippen LogP contribution in [0, 0.1) is 0 Å². The Kier molecular flexibility index (Phi) is 4.88. The quantitative estimate of drug-likeness (QED) is 0.882. The molecule has 0 saturated carbocycles. The molecule has 2 aliphatic rings. The van der Waals surface area contributed by atoms with E-state index in [9.17, 15) is 4.79 Å². The van der Waals surface area contributed by atoms with Gasteiger partial charge in [0.25, 0.3) is 0 Å². The average Bonchev–Trinajstić information content (AvgIpc) is 2.97. The maximum atomic E-state index is 12.5. The molecule has 0 aliphatic carbocycles. The Bertz CT molecular complexity index is 456. The molecule has 3 rings (SSSR count).